The van der Waals surface area contributed by atoms with Gasteiger partial charge in [0, 0.05) is 24.3 Å². The molecule has 0 radical (unpaired) electrons. The molecule has 1 aromatic carbocycles. The molecule has 1 heterocycles. The van der Waals surface area contributed by atoms with E-state index in [-0.39, 0.29) is 9.95 Å². The third kappa shape index (κ3) is 2.70. The van der Waals surface area contributed by atoms with Crippen LogP contribution in [0.2, 0.25) is 0 Å². The Bertz CT molecular complexity index is 454. The first kappa shape index (κ1) is 10.9. The number of thioether (sulfide) groups is 1. The van der Waals surface area contributed by atoms with E-state index in [9.17, 15) is 10.1 Å². The molecule has 0 aromatic heterocycles. The quantitative estimate of drug-likeness (QED) is 0.597. The second kappa shape index (κ2) is 4.94. The first-order chi connectivity index (χ1) is 7.75. The normalized spacial score (nSPS) is 17.5. The van der Waals surface area contributed by atoms with E-state index in [1.54, 1.807) is 6.08 Å². The molecule has 0 aliphatic carbocycles. The lowest BCUT2D eigenvalue weighted by Gasteiger charge is -1.97. The van der Waals surface area contributed by atoms with Crippen LogP contribution in [0, 0.1) is 10.1 Å². The number of rotatable bonds is 3. The van der Waals surface area contributed by atoms with Gasteiger partial charge in [0.05, 0.1) is 16.5 Å². The van der Waals surface area contributed by atoms with Crippen molar-refractivity contribution in [2.45, 2.75) is 13.0 Å². The van der Waals surface area contributed by atoms with E-state index in [4.69, 9.17) is 0 Å². The van der Waals surface area contributed by atoms with Gasteiger partial charge < -0.3 is 0 Å². The summed E-state index contributed by atoms with van der Waals surface area (Å²) in [5, 5.41) is 11.5. The summed E-state index contributed by atoms with van der Waals surface area (Å²) in [6.07, 6.45) is 2.18. The zero-order chi connectivity index (χ0) is 11.4. The first-order valence-corrected chi connectivity index (χ1v) is 5.67. The highest BCUT2D eigenvalue weighted by Gasteiger charge is 2.21. The summed E-state index contributed by atoms with van der Waals surface area (Å²) in [5.41, 5.74) is 1.12. The van der Waals surface area contributed by atoms with Crippen molar-refractivity contribution in [3.8, 4) is 0 Å². The molecule has 0 bridgehead atoms. The summed E-state index contributed by atoms with van der Waals surface area (Å²) in [6.45, 7) is 0.585. The standard InChI is InChI=1S/C11H10N2O2S/c14-13(15)11-7-6-10(16-11)12-8-9-4-2-1-3-5-9/h1-5,7H,6,8H2. The molecule has 4 nitrogen and oxygen atoms in total. The molecule has 0 amide bonds. The molecule has 16 heavy (non-hydrogen) atoms. The van der Waals surface area contributed by atoms with Crippen LogP contribution < -0.4 is 0 Å². The smallest absolute Gasteiger partial charge is 0.277 e. The van der Waals surface area contributed by atoms with E-state index in [1.165, 1.54) is 0 Å². The van der Waals surface area contributed by atoms with Gasteiger partial charge in [-0.25, -0.2) is 0 Å². The Morgan fingerprint density at radius 3 is 2.75 bits per heavy atom. The molecule has 5 heteroatoms. The molecule has 82 valence electrons. The average molecular weight is 234 g/mol. The highest BCUT2D eigenvalue weighted by Crippen LogP contribution is 2.28. The Morgan fingerprint density at radius 1 is 1.38 bits per heavy atom. The molecule has 0 unspecified atom stereocenters. The van der Waals surface area contributed by atoms with Crippen molar-refractivity contribution in [1.29, 1.82) is 0 Å². The van der Waals surface area contributed by atoms with E-state index in [0.29, 0.717) is 13.0 Å². The Kier molecular flexibility index (Phi) is 3.36. The van der Waals surface area contributed by atoms with Crippen LogP contribution in [0.5, 0.6) is 0 Å². The minimum Gasteiger partial charge on any atom is -0.277 e. The number of allylic oxidation sites excluding steroid dienone is 1. The van der Waals surface area contributed by atoms with Crippen molar-refractivity contribution in [2.24, 2.45) is 4.99 Å². The maximum Gasteiger partial charge on any atom is 0.305 e. The molecule has 0 spiro atoms. The van der Waals surface area contributed by atoms with Gasteiger partial charge in [-0.2, -0.15) is 0 Å². The monoisotopic (exact) mass is 234 g/mol. The van der Waals surface area contributed by atoms with Crippen LogP contribution >= 0.6 is 11.8 Å². The number of nitro groups is 1. The van der Waals surface area contributed by atoms with Crippen LogP contribution in [0.1, 0.15) is 12.0 Å². The predicted molar refractivity (Wildman–Crippen MR) is 64.9 cm³/mol. The van der Waals surface area contributed by atoms with Gasteiger partial charge in [-0.05, 0) is 5.56 Å². The van der Waals surface area contributed by atoms with E-state index >= 15 is 0 Å². The van der Waals surface area contributed by atoms with Gasteiger partial charge >= 0.3 is 5.03 Å². The zero-order valence-electron chi connectivity index (χ0n) is 8.50. The van der Waals surface area contributed by atoms with Crippen molar-refractivity contribution in [3.63, 3.8) is 0 Å². The zero-order valence-corrected chi connectivity index (χ0v) is 9.31. The molecule has 1 aromatic rings. The lowest BCUT2D eigenvalue weighted by Crippen LogP contribution is -1.92. The van der Waals surface area contributed by atoms with Gasteiger partial charge in [-0.15, -0.1) is 0 Å². The largest absolute Gasteiger partial charge is 0.305 e. The summed E-state index contributed by atoms with van der Waals surface area (Å²) < 4.78 is 0. The minimum absolute atomic E-state index is 0.187. The van der Waals surface area contributed by atoms with Gasteiger partial charge in [0.15, 0.2) is 0 Å². The molecule has 1 aliphatic rings. The van der Waals surface area contributed by atoms with E-state index in [1.807, 2.05) is 30.3 Å². The SMILES string of the molecule is O=[N+]([O-])C1=CCC(=NCc2ccccc2)S1. The molecule has 0 saturated carbocycles. The van der Waals surface area contributed by atoms with Crippen LogP contribution in [-0.2, 0) is 6.54 Å². The van der Waals surface area contributed by atoms with Crippen molar-refractivity contribution in [2.75, 3.05) is 0 Å². The van der Waals surface area contributed by atoms with E-state index in [0.717, 1.165) is 22.4 Å². The lowest BCUT2D eigenvalue weighted by atomic mass is 10.2. The Morgan fingerprint density at radius 2 is 2.12 bits per heavy atom. The van der Waals surface area contributed by atoms with Crippen LogP contribution in [0.15, 0.2) is 46.4 Å². The topological polar surface area (TPSA) is 55.5 Å². The molecule has 0 atom stereocenters. The Labute approximate surface area is 97.2 Å². The fourth-order valence-electron chi connectivity index (χ4n) is 1.35. The van der Waals surface area contributed by atoms with E-state index in [2.05, 4.69) is 4.99 Å². The maximum absolute atomic E-state index is 10.5. The van der Waals surface area contributed by atoms with Crippen LogP contribution in [0.4, 0.5) is 0 Å². The first-order valence-electron chi connectivity index (χ1n) is 4.85. The minimum atomic E-state index is -0.365. The number of hydrogen-bond donors (Lipinski definition) is 0. The van der Waals surface area contributed by atoms with Gasteiger partial charge in [0.25, 0.3) is 0 Å². The summed E-state index contributed by atoms with van der Waals surface area (Å²) in [6, 6.07) is 9.85. The second-order valence-corrected chi connectivity index (χ2v) is 4.39. The molecular formula is C11H10N2O2S. The summed E-state index contributed by atoms with van der Waals surface area (Å²) in [4.78, 5) is 14.5. The highest BCUT2D eigenvalue weighted by molar-refractivity contribution is 8.17. The van der Waals surface area contributed by atoms with Crippen molar-refractivity contribution in [1.82, 2.24) is 0 Å². The number of nitrogens with zero attached hydrogens (tertiary/aromatic N) is 2. The molecule has 0 saturated heterocycles. The van der Waals surface area contributed by atoms with Crippen molar-refractivity contribution < 1.29 is 4.92 Å². The molecule has 1 aliphatic heterocycles. The van der Waals surface area contributed by atoms with Crippen LogP contribution in [-0.4, -0.2) is 9.97 Å². The average Bonchev–Trinajstić information content (AvgIpc) is 2.76. The van der Waals surface area contributed by atoms with Gasteiger partial charge in [0.2, 0.25) is 0 Å². The number of benzene rings is 1. The summed E-state index contributed by atoms with van der Waals surface area (Å²) in [5.74, 6) is 0. The second-order valence-electron chi connectivity index (χ2n) is 3.30. The number of aliphatic imine (C=N–C) groups is 1. The maximum atomic E-state index is 10.5. The Balaban J connectivity index is 1.94. The van der Waals surface area contributed by atoms with Crippen LogP contribution in [0.3, 0.4) is 0 Å². The third-order valence-corrected chi connectivity index (χ3v) is 3.19. The van der Waals surface area contributed by atoms with Crippen LogP contribution in [0.25, 0.3) is 0 Å². The predicted octanol–water partition coefficient (Wildman–Crippen LogP) is 2.84. The van der Waals surface area contributed by atoms with Gasteiger partial charge in [-0.1, -0.05) is 30.3 Å². The lowest BCUT2D eigenvalue weighted by molar-refractivity contribution is -0.410. The molecule has 0 fully saturated rings. The fraction of sp³-hybridized carbons (Fsp3) is 0.182. The van der Waals surface area contributed by atoms with Gasteiger partial charge in [-0.3, -0.25) is 15.1 Å². The molecular weight excluding hydrogens is 224 g/mol. The van der Waals surface area contributed by atoms with Crippen molar-refractivity contribution in [3.05, 3.63) is 57.1 Å². The molecule has 2 rings (SSSR count). The summed E-state index contributed by atoms with van der Waals surface area (Å²) >= 11 is 1.15. The van der Waals surface area contributed by atoms with Crippen molar-refractivity contribution >= 4 is 16.8 Å². The number of hydrogen-bond acceptors (Lipinski definition) is 4. The summed E-state index contributed by atoms with van der Waals surface area (Å²) in [7, 11) is 0. The van der Waals surface area contributed by atoms with E-state index < -0.39 is 0 Å². The van der Waals surface area contributed by atoms with Gasteiger partial charge in [0.1, 0.15) is 0 Å². The Hall–Kier alpha value is -1.62. The third-order valence-electron chi connectivity index (χ3n) is 2.13. The molecule has 0 N–H and O–H groups in total. The fourth-order valence-corrected chi connectivity index (χ4v) is 2.13. The highest BCUT2D eigenvalue weighted by atomic mass is 32.2.